The Morgan fingerprint density at radius 3 is 2.55 bits per heavy atom. The third kappa shape index (κ3) is 2.39. The van der Waals surface area contributed by atoms with Crippen LogP contribution in [0.25, 0.3) is 5.69 Å². The van der Waals surface area contributed by atoms with Crippen molar-refractivity contribution in [2.75, 3.05) is 24.5 Å². The van der Waals surface area contributed by atoms with Crippen molar-refractivity contribution in [3.8, 4) is 5.69 Å². The van der Waals surface area contributed by atoms with Gasteiger partial charge in [0.15, 0.2) is 0 Å². The number of hydrogen-bond donors (Lipinski definition) is 2. The molecule has 0 radical (unpaired) electrons. The second kappa shape index (κ2) is 5.34. The van der Waals surface area contributed by atoms with Crippen LogP contribution in [0.15, 0.2) is 39.9 Å². The van der Waals surface area contributed by atoms with Crippen molar-refractivity contribution in [3.63, 3.8) is 0 Å². The number of anilines is 2. The number of benzene rings is 1. The highest BCUT2D eigenvalue weighted by molar-refractivity contribution is 5.50. The Hall–Kier alpha value is -2.54. The number of hydrogen-bond acceptors (Lipinski definition) is 5. The van der Waals surface area contributed by atoms with Gasteiger partial charge in [0.05, 0.1) is 11.4 Å². The smallest absolute Gasteiger partial charge is 0.337 e. The van der Waals surface area contributed by atoms with E-state index in [2.05, 4.69) is 0 Å². The standard InChI is InChI=1S/C15H18N4O3/c1-17(2)13-9-14(20)19(15(21)18(13)11-6-7-11)12-5-3-4-10(8-12)16-22/h3-5,8-9,11,16,22H,6-7H2,1-2H3. The minimum Gasteiger partial charge on any atom is -0.364 e. The molecule has 7 nitrogen and oxygen atoms in total. The fourth-order valence-corrected chi connectivity index (χ4v) is 2.52. The van der Waals surface area contributed by atoms with Crippen LogP contribution in [0.2, 0.25) is 0 Å². The molecule has 7 heteroatoms. The van der Waals surface area contributed by atoms with Gasteiger partial charge in [-0.05, 0) is 31.0 Å². The summed E-state index contributed by atoms with van der Waals surface area (Å²) in [6, 6.07) is 8.14. The first-order chi connectivity index (χ1) is 10.5. The highest BCUT2D eigenvalue weighted by Gasteiger charge is 2.29. The molecule has 1 fully saturated rings. The Balaban J connectivity index is 2.26. The summed E-state index contributed by atoms with van der Waals surface area (Å²) in [5.41, 5.74) is 2.12. The van der Waals surface area contributed by atoms with Gasteiger partial charge in [-0.15, -0.1) is 0 Å². The van der Waals surface area contributed by atoms with Crippen LogP contribution in [0.1, 0.15) is 18.9 Å². The van der Waals surface area contributed by atoms with Crippen LogP contribution in [-0.2, 0) is 0 Å². The van der Waals surface area contributed by atoms with E-state index in [1.54, 1.807) is 33.7 Å². The van der Waals surface area contributed by atoms with Gasteiger partial charge < -0.3 is 4.90 Å². The maximum atomic E-state index is 12.8. The number of nitrogens with one attached hydrogen (secondary N) is 1. The minimum absolute atomic E-state index is 0.149. The minimum atomic E-state index is -0.388. The summed E-state index contributed by atoms with van der Waals surface area (Å²) in [6.07, 6.45) is 1.88. The van der Waals surface area contributed by atoms with Crippen molar-refractivity contribution in [2.45, 2.75) is 18.9 Å². The van der Waals surface area contributed by atoms with E-state index in [0.29, 0.717) is 17.2 Å². The van der Waals surface area contributed by atoms with Crippen LogP contribution >= 0.6 is 0 Å². The zero-order chi connectivity index (χ0) is 15.9. The molecule has 0 amide bonds. The quantitative estimate of drug-likeness (QED) is 0.830. The zero-order valence-corrected chi connectivity index (χ0v) is 12.5. The number of rotatable bonds is 4. The SMILES string of the molecule is CN(C)c1cc(=O)n(-c2cccc(NO)c2)c(=O)n1C1CC1. The van der Waals surface area contributed by atoms with E-state index in [0.717, 1.165) is 17.4 Å². The largest absolute Gasteiger partial charge is 0.364 e. The molecule has 1 heterocycles. The van der Waals surface area contributed by atoms with E-state index in [9.17, 15) is 9.59 Å². The molecule has 1 aromatic carbocycles. The van der Waals surface area contributed by atoms with Crippen LogP contribution < -0.4 is 21.6 Å². The molecule has 0 atom stereocenters. The fraction of sp³-hybridized carbons (Fsp3) is 0.333. The summed E-state index contributed by atoms with van der Waals surface area (Å²) in [7, 11) is 3.63. The summed E-state index contributed by atoms with van der Waals surface area (Å²) in [5, 5.41) is 8.99. The van der Waals surface area contributed by atoms with Crippen molar-refractivity contribution in [1.29, 1.82) is 0 Å². The van der Waals surface area contributed by atoms with E-state index >= 15 is 0 Å². The van der Waals surface area contributed by atoms with E-state index in [4.69, 9.17) is 5.21 Å². The predicted octanol–water partition coefficient (Wildman–Crippen LogP) is 1.20. The third-order valence-corrected chi connectivity index (χ3v) is 3.72. The monoisotopic (exact) mass is 302 g/mol. The van der Waals surface area contributed by atoms with Crippen molar-refractivity contribution in [1.82, 2.24) is 9.13 Å². The molecule has 1 aliphatic carbocycles. The zero-order valence-electron chi connectivity index (χ0n) is 12.5. The molecule has 0 spiro atoms. The van der Waals surface area contributed by atoms with Gasteiger partial charge in [0, 0.05) is 26.2 Å². The van der Waals surface area contributed by atoms with Gasteiger partial charge >= 0.3 is 5.69 Å². The summed E-state index contributed by atoms with van der Waals surface area (Å²) < 4.78 is 2.80. The van der Waals surface area contributed by atoms with Gasteiger partial charge in [-0.3, -0.25) is 20.0 Å². The lowest BCUT2D eigenvalue weighted by molar-refractivity contribution is 0.389. The van der Waals surface area contributed by atoms with Crippen LogP contribution in [0.4, 0.5) is 11.5 Å². The lowest BCUT2D eigenvalue weighted by Crippen LogP contribution is -2.40. The number of aromatic nitrogens is 2. The maximum absolute atomic E-state index is 12.8. The molecular formula is C15H18N4O3. The molecule has 3 rings (SSSR count). The van der Waals surface area contributed by atoms with Crippen molar-refractivity contribution in [2.24, 2.45) is 0 Å². The molecule has 0 saturated heterocycles. The van der Waals surface area contributed by atoms with Gasteiger partial charge in [0.1, 0.15) is 5.82 Å². The molecule has 0 unspecified atom stereocenters. The van der Waals surface area contributed by atoms with Crippen molar-refractivity contribution < 1.29 is 5.21 Å². The molecule has 1 aromatic heterocycles. The lowest BCUT2D eigenvalue weighted by Gasteiger charge is -2.20. The molecule has 0 bridgehead atoms. The lowest BCUT2D eigenvalue weighted by atomic mass is 10.3. The summed E-state index contributed by atoms with van der Waals surface area (Å²) in [6.45, 7) is 0. The first-order valence-corrected chi connectivity index (χ1v) is 7.09. The first kappa shape index (κ1) is 14.4. The highest BCUT2D eigenvalue weighted by Crippen LogP contribution is 2.36. The number of nitrogens with zero attached hydrogens (tertiary/aromatic N) is 3. The highest BCUT2D eigenvalue weighted by atomic mass is 16.5. The van der Waals surface area contributed by atoms with Gasteiger partial charge in [0.25, 0.3) is 5.56 Å². The van der Waals surface area contributed by atoms with Crippen LogP contribution in [0.3, 0.4) is 0 Å². The van der Waals surface area contributed by atoms with Crippen LogP contribution in [0, 0.1) is 0 Å². The van der Waals surface area contributed by atoms with Gasteiger partial charge in [-0.1, -0.05) is 6.07 Å². The topological polar surface area (TPSA) is 79.5 Å². The molecular weight excluding hydrogens is 284 g/mol. The Morgan fingerprint density at radius 1 is 1.23 bits per heavy atom. The van der Waals surface area contributed by atoms with Crippen molar-refractivity contribution >= 4 is 11.5 Å². The maximum Gasteiger partial charge on any atom is 0.337 e. The Kier molecular flexibility index (Phi) is 3.50. The second-order valence-electron chi connectivity index (χ2n) is 5.62. The Bertz CT molecular complexity index is 818. The van der Waals surface area contributed by atoms with Gasteiger partial charge in [-0.25, -0.2) is 9.36 Å². The molecule has 0 aliphatic heterocycles. The Morgan fingerprint density at radius 2 is 1.95 bits per heavy atom. The average Bonchev–Trinajstić information content (AvgIpc) is 3.31. The Labute approximate surface area is 127 Å². The molecule has 1 aliphatic rings. The van der Waals surface area contributed by atoms with Gasteiger partial charge in [-0.2, -0.15) is 0 Å². The summed E-state index contributed by atoms with van der Waals surface area (Å²) in [4.78, 5) is 27.0. The molecule has 22 heavy (non-hydrogen) atoms. The molecule has 2 N–H and O–H groups in total. The molecule has 1 saturated carbocycles. The van der Waals surface area contributed by atoms with Gasteiger partial charge in [0.2, 0.25) is 0 Å². The molecule has 2 aromatic rings. The summed E-state index contributed by atoms with van der Waals surface area (Å²) in [5.74, 6) is 0.616. The van der Waals surface area contributed by atoms with E-state index < -0.39 is 0 Å². The summed E-state index contributed by atoms with van der Waals surface area (Å²) >= 11 is 0. The predicted molar refractivity (Wildman–Crippen MR) is 84.3 cm³/mol. The van der Waals surface area contributed by atoms with E-state index in [1.165, 1.54) is 6.07 Å². The second-order valence-corrected chi connectivity index (χ2v) is 5.62. The van der Waals surface area contributed by atoms with Crippen molar-refractivity contribution in [3.05, 3.63) is 51.2 Å². The third-order valence-electron chi connectivity index (χ3n) is 3.72. The normalized spacial score (nSPS) is 14.0. The molecule has 116 valence electrons. The van der Waals surface area contributed by atoms with Crippen LogP contribution in [-0.4, -0.2) is 28.4 Å². The average molecular weight is 302 g/mol. The van der Waals surface area contributed by atoms with E-state index in [-0.39, 0.29) is 17.3 Å². The first-order valence-electron chi connectivity index (χ1n) is 7.09. The van der Waals surface area contributed by atoms with E-state index in [1.807, 2.05) is 19.6 Å². The van der Waals surface area contributed by atoms with Crippen LogP contribution in [0.5, 0.6) is 0 Å². The fourth-order valence-electron chi connectivity index (χ4n) is 2.52.